The molecule has 0 spiro atoms. The SMILES string of the molecule is CC(C)(C)N(C(=O)O)C(NC(=O)O)(N1CCC(O)CC1)C(C)(C)C. The van der Waals surface area contributed by atoms with Crippen LogP contribution in [0, 0.1) is 5.41 Å². The number of amides is 2. The Morgan fingerprint density at radius 1 is 1.04 bits per heavy atom. The molecule has 1 rings (SSSR count). The number of carboxylic acid groups (broad SMARTS) is 2. The molecule has 0 aromatic rings. The average molecular weight is 345 g/mol. The summed E-state index contributed by atoms with van der Waals surface area (Å²) in [5, 5.41) is 31.7. The molecule has 1 heterocycles. The molecule has 1 aliphatic rings. The lowest BCUT2D eigenvalue weighted by Gasteiger charge is -2.60. The van der Waals surface area contributed by atoms with Crippen molar-refractivity contribution >= 4 is 12.2 Å². The number of hydrogen-bond acceptors (Lipinski definition) is 4. The van der Waals surface area contributed by atoms with Crippen molar-refractivity contribution < 1.29 is 24.9 Å². The van der Waals surface area contributed by atoms with Gasteiger partial charge in [-0.1, -0.05) is 20.8 Å². The van der Waals surface area contributed by atoms with Crippen LogP contribution in [0.2, 0.25) is 0 Å². The second kappa shape index (κ2) is 6.76. The molecular weight excluding hydrogens is 314 g/mol. The number of nitrogens with zero attached hydrogens (tertiary/aromatic N) is 2. The van der Waals surface area contributed by atoms with Crippen LogP contribution in [-0.4, -0.2) is 67.8 Å². The van der Waals surface area contributed by atoms with Crippen molar-refractivity contribution in [2.75, 3.05) is 13.1 Å². The van der Waals surface area contributed by atoms with E-state index in [1.54, 1.807) is 20.8 Å². The number of rotatable bonds is 3. The molecule has 0 aliphatic carbocycles. The average Bonchev–Trinajstić information content (AvgIpc) is 2.34. The molecule has 0 bridgehead atoms. The fraction of sp³-hybridized carbons (Fsp3) is 0.875. The standard InChI is InChI=1S/C16H31N3O5/c1-14(2,3)16(17-12(21)22,18-9-7-11(20)8-10-18)19(13(23)24)15(4,5)6/h11,17,20H,7-10H2,1-6H3,(H,21,22)(H,23,24). The monoisotopic (exact) mass is 345 g/mol. The summed E-state index contributed by atoms with van der Waals surface area (Å²) >= 11 is 0. The highest BCUT2D eigenvalue weighted by Gasteiger charge is 2.58. The number of piperidine rings is 1. The van der Waals surface area contributed by atoms with Gasteiger partial charge < -0.3 is 15.3 Å². The van der Waals surface area contributed by atoms with Crippen molar-refractivity contribution in [1.82, 2.24) is 15.1 Å². The minimum atomic E-state index is -1.46. The summed E-state index contributed by atoms with van der Waals surface area (Å²) in [6.45, 7) is 11.5. The number of hydrogen-bond donors (Lipinski definition) is 4. The molecule has 0 aromatic heterocycles. The van der Waals surface area contributed by atoms with Gasteiger partial charge in [0.05, 0.1) is 6.10 Å². The van der Waals surface area contributed by atoms with Crippen LogP contribution in [-0.2, 0) is 0 Å². The third kappa shape index (κ3) is 3.92. The largest absolute Gasteiger partial charge is 0.465 e. The number of aliphatic hydroxyl groups excluding tert-OH is 1. The highest BCUT2D eigenvalue weighted by Crippen LogP contribution is 2.41. The maximum Gasteiger partial charge on any atom is 0.410 e. The summed E-state index contributed by atoms with van der Waals surface area (Å²) in [5.41, 5.74) is -1.59. The smallest absolute Gasteiger partial charge is 0.410 e. The van der Waals surface area contributed by atoms with Gasteiger partial charge in [-0.05, 0) is 33.6 Å². The Kier molecular flexibility index (Phi) is 5.77. The van der Waals surface area contributed by atoms with E-state index >= 15 is 0 Å². The summed E-state index contributed by atoms with van der Waals surface area (Å²) in [7, 11) is 0. The molecule has 0 radical (unpaired) electrons. The zero-order chi connectivity index (χ0) is 18.9. The van der Waals surface area contributed by atoms with Crippen LogP contribution >= 0.6 is 0 Å². The number of nitrogens with one attached hydrogen (secondary N) is 1. The van der Waals surface area contributed by atoms with E-state index in [0.29, 0.717) is 25.9 Å². The maximum absolute atomic E-state index is 12.1. The lowest BCUT2D eigenvalue weighted by Crippen LogP contribution is -2.80. The minimum absolute atomic E-state index is 0.401. The molecular formula is C16H31N3O5. The molecule has 140 valence electrons. The van der Waals surface area contributed by atoms with Gasteiger partial charge in [0.1, 0.15) is 0 Å². The van der Waals surface area contributed by atoms with Crippen LogP contribution in [0.3, 0.4) is 0 Å². The third-order valence-electron chi connectivity index (χ3n) is 4.43. The molecule has 1 aliphatic heterocycles. The fourth-order valence-electron chi connectivity index (χ4n) is 3.52. The molecule has 8 nitrogen and oxygen atoms in total. The normalized spacial score (nSPS) is 20.3. The van der Waals surface area contributed by atoms with Crippen LogP contribution < -0.4 is 5.32 Å². The van der Waals surface area contributed by atoms with Crippen molar-refractivity contribution in [1.29, 1.82) is 0 Å². The number of likely N-dealkylation sites (tertiary alicyclic amines) is 1. The number of aliphatic hydroxyl groups is 1. The van der Waals surface area contributed by atoms with Gasteiger partial charge in [-0.15, -0.1) is 0 Å². The van der Waals surface area contributed by atoms with E-state index in [1.165, 1.54) is 4.90 Å². The van der Waals surface area contributed by atoms with Crippen LogP contribution in [0.5, 0.6) is 0 Å². The van der Waals surface area contributed by atoms with E-state index in [2.05, 4.69) is 5.32 Å². The van der Waals surface area contributed by atoms with Gasteiger partial charge in [-0.25, -0.2) is 9.59 Å². The van der Waals surface area contributed by atoms with Gasteiger partial charge in [-0.2, -0.15) is 0 Å². The molecule has 4 N–H and O–H groups in total. The Morgan fingerprint density at radius 2 is 1.50 bits per heavy atom. The molecule has 2 amide bonds. The van der Waals surface area contributed by atoms with E-state index in [9.17, 15) is 24.9 Å². The molecule has 1 fully saturated rings. The first kappa shape index (κ1) is 20.5. The van der Waals surface area contributed by atoms with Crippen LogP contribution in [0.1, 0.15) is 54.4 Å². The Bertz CT molecular complexity index is 475. The first-order valence-electron chi connectivity index (χ1n) is 8.21. The number of carbonyl (C=O) groups is 2. The molecule has 1 unspecified atom stereocenters. The second-order valence-electron chi connectivity index (χ2n) is 8.36. The lowest BCUT2D eigenvalue weighted by molar-refractivity contribution is -0.172. The third-order valence-corrected chi connectivity index (χ3v) is 4.43. The van der Waals surface area contributed by atoms with Crippen molar-refractivity contribution in [2.24, 2.45) is 5.41 Å². The van der Waals surface area contributed by atoms with E-state index in [4.69, 9.17) is 0 Å². The summed E-state index contributed by atoms with van der Waals surface area (Å²) in [6, 6.07) is 0. The summed E-state index contributed by atoms with van der Waals surface area (Å²) in [4.78, 5) is 26.8. The molecule has 1 atom stereocenters. The molecule has 0 aromatic carbocycles. The summed E-state index contributed by atoms with van der Waals surface area (Å²) in [5.74, 6) is -1.46. The van der Waals surface area contributed by atoms with Gasteiger partial charge >= 0.3 is 12.2 Å². The van der Waals surface area contributed by atoms with E-state index < -0.39 is 35.0 Å². The quantitative estimate of drug-likeness (QED) is 0.583. The van der Waals surface area contributed by atoms with Gasteiger partial charge in [0, 0.05) is 24.0 Å². The van der Waals surface area contributed by atoms with Crippen LogP contribution in [0.25, 0.3) is 0 Å². The van der Waals surface area contributed by atoms with Crippen molar-refractivity contribution in [3.8, 4) is 0 Å². The van der Waals surface area contributed by atoms with Gasteiger partial charge in [-0.3, -0.25) is 15.1 Å². The molecule has 8 heteroatoms. The lowest BCUT2D eigenvalue weighted by atomic mass is 9.80. The molecule has 24 heavy (non-hydrogen) atoms. The van der Waals surface area contributed by atoms with Gasteiger partial charge in [0.25, 0.3) is 0 Å². The topological polar surface area (TPSA) is 113 Å². The van der Waals surface area contributed by atoms with Crippen molar-refractivity contribution in [2.45, 2.75) is 71.8 Å². The Balaban J connectivity index is 3.57. The van der Waals surface area contributed by atoms with Gasteiger partial charge in [0.2, 0.25) is 0 Å². The first-order valence-corrected chi connectivity index (χ1v) is 8.21. The predicted octanol–water partition coefficient (Wildman–Crippen LogP) is 2.19. The van der Waals surface area contributed by atoms with E-state index in [0.717, 1.165) is 0 Å². The Labute approximate surface area is 143 Å². The summed E-state index contributed by atoms with van der Waals surface area (Å²) < 4.78 is 0. The predicted molar refractivity (Wildman–Crippen MR) is 89.8 cm³/mol. The molecule has 1 saturated heterocycles. The molecule has 0 saturated carbocycles. The maximum atomic E-state index is 12.1. The second-order valence-corrected chi connectivity index (χ2v) is 8.36. The zero-order valence-electron chi connectivity index (χ0n) is 15.5. The van der Waals surface area contributed by atoms with Crippen LogP contribution in [0.4, 0.5) is 9.59 Å². The van der Waals surface area contributed by atoms with Crippen molar-refractivity contribution in [3.05, 3.63) is 0 Å². The van der Waals surface area contributed by atoms with E-state index in [1.807, 2.05) is 25.7 Å². The highest BCUT2D eigenvalue weighted by atomic mass is 16.4. The van der Waals surface area contributed by atoms with Crippen molar-refractivity contribution in [3.63, 3.8) is 0 Å². The van der Waals surface area contributed by atoms with Crippen LogP contribution in [0.15, 0.2) is 0 Å². The van der Waals surface area contributed by atoms with E-state index in [-0.39, 0.29) is 0 Å². The minimum Gasteiger partial charge on any atom is -0.465 e. The summed E-state index contributed by atoms with van der Waals surface area (Å²) in [6.07, 6.45) is -1.99. The highest BCUT2D eigenvalue weighted by molar-refractivity contribution is 5.71. The van der Waals surface area contributed by atoms with Gasteiger partial charge in [0.15, 0.2) is 5.79 Å². The zero-order valence-corrected chi connectivity index (χ0v) is 15.5. The Morgan fingerprint density at radius 3 is 1.79 bits per heavy atom. The Hall–Kier alpha value is -1.54. The first-order chi connectivity index (χ1) is 10.7. The fourth-order valence-corrected chi connectivity index (χ4v) is 3.52.